The topological polar surface area (TPSA) is 0 Å². The fraction of sp³-hybridized carbons (Fsp3) is 0.538. The molecule has 0 N–H and O–H groups in total. The van der Waals surface area contributed by atoms with E-state index in [4.69, 9.17) is 0 Å². The molecule has 0 aliphatic carbocycles. The molecule has 0 rings (SSSR count). The Morgan fingerprint density at radius 1 is 1.15 bits per heavy atom. The number of hydrogen-bond donors (Lipinski definition) is 0. The molecule has 0 nitrogen and oxygen atoms in total. The highest BCUT2D eigenvalue weighted by Gasteiger charge is 1.97. The van der Waals surface area contributed by atoms with Gasteiger partial charge in [0.15, 0.2) is 0 Å². The van der Waals surface area contributed by atoms with Gasteiger partial charge in [-0.25, -0.2) is 0 Å². The van der Waals surface area contributed by atoms with Gasteiger partial charge in [0.1, 0.15) is 0 Å². The third-order valence-corrected chi connectivity index (χ3v) is 2.25. The maximum Gasteiger partial charge on any atom is -0.0279 e. The van der Waals surface area contributed by atoms with Crippen LogP contribution in [0.4, 0.5) is 0 Å². The van der Waals surface area contributed by atoms with Gasteiger partial charge in [0.05, 0.1) is 0 Å². The molecule has 0 heteroatoms. The van der Waals surface area contributed by atoms with E-state index in [0.29, 0.717) is 0 Å². The average molecular weight is 178 g/mol. The van der Waals surface area contributed by atoms with Crippen molar-refractivity contribution >= 4 is 0 Å². The van der Waals surface area contributed by atoms with Gasteiger partial charge in [-0.15, -0.1) is 0 Å². The van der Waals surface area contributed by atoms with Crippen molar-refractivity contribution in [1.82, 2.24) is 0 Å². The summed E-state index contributed by atoms with van der Waals surface area (Å²) in [5.41, 5.74) is 5.34. The van der Waals surface area contributed by atoms with Crippen LogP contribution in [0.15, 0.2) is 34.9 Å². The quantitative estimate of drug-likeness (QED) is 0.550. The van der Waals surface area contributed by atoms with E-state index < -0.39 is 0 Å². The monoisotopic (exact) mass is 178 g/mol. The van der Waals surface area contributed by atoms with Gasteiger partial charge in [-0.2, -0.15) is 0 Å². The Kier molecular flexibility index (Phi) is 5.45. The molecule has 0 fully saturated rings. The van der Waals surface area contributed by atoms with Gasteiger partial charge in [0, 0.05) is 0 Å². The smallest absolute Gasteiger partial charge is 0.0279 e. The van der Waals surface area contributed by atoms with Crippen LogP contribution in [0.2, 0.25) is 0 Å². The Bertz CT molecular complexity index is 235. The van der Waals surface area contributed by atoms with Gasteiger partial charge in [-0.1, -0.05) is 42.7 Å². The SMILES string of the molecule is C=C(C)/C(=C\C(C)=C(C)C)CCC. The Morgan fingerprint density at radius 2 is 1.69 bits per heavy atom. The van der Waals surface area contributed by atoms with Crippen LogP contribution >= 0.6 is 0 Å². The first kappa shape index (κ1) is 12.2. The molecular formula is C13H22. The first-order chi connectivity index (χ1) is 5.99. The molecule has 0 aliphatic heterocycles. The molecule has 74 valence electrons. The molecule has 0 spiro atoms. The van der Waals surface area contributed by atoms with Gasteiger partial charge >= 0.3 is 0 Å². The standard InChI is InChI=1S/C13H22/c1-7-8-13(11(4)5)9-12(6)10(2)3/h9H,4,7-8H2,1-3,5-6H3/b13-9-. The fourth-order valence-corrected chi connectivity index (χ4v) is 1.08. The van der Waals surface area contributed by atoms with Crippen LogP contribution in [-0.4, -0.2) is 0 Å². The minimum Gasteiger partial charge on any atom is -0.0958 e. The number of hydrogen-bond acceptors (Lipinski definition) is 0. The Hall–Kier alpha value is -0.780. The maximum atomic E-state index is 4.00. The second kappa shape index (κ2) is 5.80. The molecule has 0 unspecified atom stereocenters. The van der Waals surface area contributed by atoms with E-state index in [0.717, 1.165) is 6.42 Å². The summed E-state index contributed by atoms with van der Waals surface area (Å²) >= 11 is 0. The minimum absolute atomic E-state index is 1.14. The van der Waals surface area contributed by atoms with Crippen LogP contribution in [-0.2, 0) is 0 Å². The van der Waals surface area contributed by atoms with Crippen molar-refractivity contribution in [1.29, 1.82) is 0 Å². The Balaban J connectivity index is 4.73. The third kappa shape index (κ3) is 4.72. The molecule has 0 saturated heterocycles. The van der Waals surface area contributed by atoms with Crippen LogP contribution in [0.3, 0.4) is 0 Å². The summed E-state index contributed by atoms with van der Waals surface area (Å²) in [6.45, 7) is 14.7. The average Bonchev–Trinajstić information content (AvgIpc) is 2.03. The second-order valence-electron chi connectivity index (χ2n) is 3.88. The largest absolute Gasteiger partial charge is 0.0958 e. The van der Waals surface area contributed by atoms with E-state index in [1.54, 1.807) is 0 Å². The summed E-state index contributed by atoms with van der Waals surface area (Å²) in [7, 11) is 0. The lowest BCUT2D eigenvalue weighted by molar-refractivity contribution is 0.910. The summed E-state index contributed by atoms with van der Waals surface area (Å²) in [5.74, 6) is 0. The van der Waals surface area contributed by atoms with Crippen molar-refractivity contribution < 1.29 is 0 Å². The first-order valence-electron chi connectivity index (χ1n) is 4.99. The highest BCUT2D eigenvalue weighted by Crippen LogP contribution is 2.17. The van der Waals surface area contributed by atoms with Crippen molar-refractivity contribution in [2.45, 2.75) is 47.5 Å². The van der Waals surface area contributed by atoms with E-state index in [-0.39, 0.29) is 0 Å². The second-order valence-corrected chi connectivity index (χ2v) is 3.88. The van der Waals surface area contributed by atoms with Crippen LogP contribution in [0.5, 0.6) is 0 Å². The third-order valence-electron chi connectivity index (χ3n) is 2.25. The van der Waals surface area contributed by atoms with E-state index in [1.807, 2.05) is 0 Å². The summed E-state index contributed by atoms with van der Waals surface area (Å²) < 4.78 is 0. The molecule has 0 heterocycles. The van der Waals surface area contributed by atoms with E-state index >= 15 is 0 Å². The highest BCUT2D eigenvalue weighted by atomic mass is 14.0. The van der Waals surface area contributed by atoms with Crippen LogP contribution < -0.4 is 0 Å². The summed E-state index contributed by atoms with van der Waals surface area (Å²) in [6, 6.07) is 0. The van der Waals surface area contributed by atoms with Crippen LogP contribution in [0.1, 0.15) is 47.5 Å². The molecule has 0 aromatic heterocycles. The van der Waals surface area contributed by atoms with E-state index in [1.165, 1.54) is 28.7 Å². The molecule has 0 aromatic carbocycles. The fourth-order valence-electron chi connectivity index (χ4n) is 1.08. The summed E-state index contributed by atoms with van der Waals surface area (Å²) in [5, 5.41) is 0. The molecule has 0 atom stereocenters. The van der Waals surface area contributed by atoms with Crippen molar-refractivity contribution in [3.8, 4) is 0 Å². The summed E-state index contributed by atoms with van der Waals surface area (Å²) in [4.78, 5) is 0. The van der Waals surface area contributed by atoms with Gasteiger partial charge < -0.3 is 0 Å². The zero-order valence-corrected chi connectivity index (χ0v) is 9.70. The van der Waals surface area contributed by atoms with Gasteiger partial charge in [0.25, 0.3) is 0 Å². The molecule has 0 bridgehead atoms. The van der Waals surface area contributed by atoms with Gasteiger partial charge in [-0.3, -0.25) is 0 Å². The Morgan fingerprint density at radius 3 is 2.00 bits per heavy atom. The zero-order chi connectivity index (χ0) is 10.4. The molecule has 13 heavy (non-hydrogen) atoms. The first-order valence-corrected chi connectivity index (χ1v) is 4.99. The lowest BCUT2D eigenvalue weighted by Gasteiger charge is -2.06. The van der Waals surface area contributed by atoms with Crippen molar-refractivity contribution in [3.63, 3.8) is 0 Å². The van der Waals surface area contributed by atoms with Crippen LogP contribution in [0.25, 0.3) is 0 Å². The molecule has 0 aromatic rings. The maximum absolute atomic E-state index is 4.00. The highest BCUT2D eigenvalue weighted by molar-refractivity contribution is 5.35. The predicted molar refractivity (Wildman–Crippen MR) is 61.9 cm³/mol. The number of allylic oxidation sites excluding steroid dienone is 5. The lowest BCUT2D eigenvalue weighted by Crippen LogP contribution is -1.86. The van der Waals surface area contributed by atoms with Crippen molar-refractivity contribution in [2.75, 3.05) is 0 Å². The van der Waals surface area contributed by atoms with Gasteiger partial charge in [0.2, 0.25) is 0 Å². The van der Waals surface area contributed by atoms with Crippen LogP contribution in [0, 0.1) is 0 Å². The summed E-state index contributed by atoms with van der Waals surface area (Å²) in [6.07, 6.45) is 4.59. The predicted octanol–water partition coefficient (Wildman–Crippen LogP) is 4.65. The van der Waals surface area contributed by atoms with E-state index in [2.05, 4.69) is 47.3 Å². The van der Waals surface area contributed by atoms with Crippen molar-refractivity contribution in [3.05, 3.63) is 34.9 Å². The Labute approximate surface area is 83.0 Å². The molecule has 0 aliphatic rings. The molecule has 0 radical (unpaired) electrons. The van der Waals surface area contributed by atoms with Gasteiger partial charge in [-0.05, 0) is 39.7 Å². The minimum atomic E-state index is 1.14. The molecular weight excluding hydrogens is 156 g/mol. The molecule has 0 saturated carbocycles. The number of rotatable bonds is 4. The molecule has 0 amide bonds. The normalized spacial score (nSPS) is 11.3. The lowest BCUT2D eigenvalue weighted by atomic mass is 10.0. The van der Waals surface area contributed by atoms with E-state index in [9.17, 15) is 0 Å². The zero-order valence-electron chi connectivity index (χ0n) is 9.70. The van der Waals surface area contributed by atoms with Crippen molar-refractivity contribution in [2.24, 2.45) is 0 Å².